The monoisotopic (exact) mass is 341 g/mol. The van der Waals surface area contributed by atoms with Crippen LogP contribution in [0.1, 0.15) is 10.6 Å². The Labute approximate surface area is 139 Å². The van der Waals surface area contributed by atoms with Crippen LogP contribution >= 0.6 is 11.3 Å². The molecule has 1 aromatic carbocycles. The first-order valence-electron chi connectivity index (χ1n) is 6.95. The standard InChI is InChI=1S/C15H11N5O3S/c1-22-11-5-4-9(14-19-20-8-16-18-15(20)24-14)7-10(11)17-13(21)12-3-2-6-23-12/h2-8H,1H3,(H,17,21). The SMILES string of the molecule is COc1ccc(-c2nn3cnnc3s2)cc1NC(=O)c1ccco1. The predicted octanol–water partition coefficient (Wildman–Crippen LogP) is 2.71. The van der Waals surface area contributed by atoms with Crippen molar-refractivity contribution in [2.24, 2.45) is 0 Å². The molecule has 4 aromatic rings. The minimum atomic E-state index is -0.353. The lowest BCUT2D eigenvalue weighted by molar-refractivity contribution is 0.0996. The second-order valence-corrected chi connectivity index (χ2v) is 5.77. The summed E-state index contributed by atoms with van der Waals surface area (Å²) in [6.07, 6.45) is 2.99. The highest BCUT2D eigenvalue weighted by Gasteiger charge is 2.15. The van der Waals surface area contributed by atoms with Crippen molar-refractivity contribution in [1.82, 2.24) is 19.8 Å². The van der Waals surface area contributed by atoms with Gasteiger partial charge in [-0.05, 0) is 30.3 Å². The normalized spacial score (nSPS) is 10.9. The van der Waals surface area contributed by atoms with Gasteiger partial charge in [-0.25, -0.2) is 0 Å². The van der Waals surface area contributed by atoms with Crippen LogP contribution in [0.4, 0.5) is 5.69 Å². The van der Waals surface area contributed by atoms with Crippen molar-refractivity contribution in [2.45, 2.75) is 0 Å². The van der Waals surface area contributed by atoms with Crippen LogP contribution in [0.5, 0.6) is 5.75 Å². The van der Waals surface area contributed by atoms with Crippen LogP contribution in [0.15, 0.2) is 47.3 Å². The van der Waals surface area contributed by atoms with Crippen molar-refractivity contribution in [3.63, 3.8) is 0 Å². The number of amides is 1. The van der Waals surface area contributed by atoms with Gasteiger partial charge in [0.2, 0.25) is 4.96 Å². The van der Waals surface area contributed by atoms with Gasteiger partial charge in [-0.1, -0.05) is 11.3 Å². The first-order chi connectivity index (χ1) is 11.7. The van der Waals surface area contributed by atoms with Gasteiger partial charge in [0.15, 0.2) is 5.76 Å². The van der Waals surface area contributed by atoms with Crippen LogP contribution in [-0.2, 0) is 0 Å². The predicted molar refractivity (Wildman–Crippen MR) is 87.3 cm³/mol. The number of carbonyl (C=O) groups is 1. The fraction of sp³-hybridized carbons (Fsp3) is 0.0667. The number of nitrogens with zero attached hydrogens (tertiary/aromatic N) is 4. The Hall–Kier alpha value is -3.20. The Morgan fingerprint density at radius 2 is 2.29 bits per heavy atom. The Kier molecular flexibility index (Phi) is 3.47. The van der Waals surface area contributed by atoms with Gasteiger partial charge in [0.25, 0.3) is 5.91 Å². The second kappa shape index (κ2) is 5.78. The summed E-state index contributed by atoms with van der Waals surface area (Å²) in [5.41, 5.74) is 1.36. The van der Waals surface area contributed by atoms with Gasteiger partial charge < -0.3 is 14.5 Å². The molecular weight excluding hydrogens is 330 g/mol. The number of furan rings is 1. The van der Waals surface area contributed by atoms with Crippen molar-refractivity contribution in [2.75, 3.05) is 12.4 Å². The van der Waals surface area contributed by atoms with E-state index in [2.05, 4.69) is 20.6 Å². The molecule has 0 saturated heterocycles. The van der Waals surface area contributed by atoms with Crippen molar-refractivity contribution in [1.29, 1.82) is 0 Å². The lowest BCUT2D eigenvalue weighted by Gasteiger charge is -2.10. The molecule has 0 bridgehead atoms. The van der Waals surface area contributed by atoms with Gasteiger partial charge in [-0.3, -0.25) is 4.79 Å². The Bertz CT molecular complexity index is 977. The minimum Gasteiger partial charge on any atom is -0.495 e. The summed E-state index contributed by atoms with van der Waals surface area (Å²) in [5, 5.41) is 15.7. The first-order valence-corrected chi connectivity index (χ1v) is 7.76. The van der Waals surface area contributed by atoms with Gasteiger partial charge in [0.1, 0.15) is 17.1 Å². The molecule has 120 valence electrons. The van der Waals surface area contributed by atoms with Gasteiger partial charge in [-0.2, -0.15) is 9.61 Å². The highest BCUT2D eigenvalue weighted by atomic mass is 32.1. The van der Waals surface area contributed by atoms with Crippen LogP contribution in [-0.4, -0.2) is 32.8 Å². The Balaban J connectivity index is 1.70. The van der Waals surface area contributed by atoms with Crippen LogP contribution < -0.4 is 10.1 Å². The molecule has 0 aliphatic heterocycles. The van der Waals surface area contributed by atoms with Gasteiger partial charge in [0, 0.05) is 5.56 Å². The van der Waals surface area contributed by atoms with E-state index in [1.807, 2.05) is 6.07 Å². The zero-order valence-electron chi connectivity index (χ0n) is 12.5. The van der Waals surface area contributed by atoms with E-state index in [0.29, 0.717) is 16.4 Å². The summed E-state index contributed by atoms with van der Waals surface area (Å²) >= 11 is 1.40. The van der Waals surface area contributed by atoms with Gasteiger partial charge in [-0.15, -0.1) is 10.2 Å². The van der Waals surface area contributed by atoms with Crippen molar-refractivity contribution in [3.8, 4) is 16.3 Å². The number of hydrogen-bond acceptors (Lipinski definition) is 7. The van der Waals surface area contributed by atoms with E-state index in [0.717, 1.165) is 10.6 Å². The second-order valence-electron chi connectivity index (χ2n) is 4.81. The van der Waals surface area contributed by atoms with E-state index < -0.39 is 0 Å². The van der Waals surface area contributed by atoms with E-state index in [-0.39, 0.29) is 11.7 Å². The zero-order valence-corrected chi connectivity index (χ0v) is 13.3. The van der Waals surface area contributed by atoms with Crippen molar-refractivity contribution < 1.29 is 13.9 Å². The largest absolute Gasteiger partial charge is 0.495 e. The van der Waals surface area contributed by atoms with Crippen molar-refractivity contribution >= 4 is 27.9 Å². The Morgan fingerprint density at radius 1 is 1.38 bits per heavy atom. The average molecular weight is 341 g/mol. The number of anilines is 1. The molecule has 0 aliphatic carbocycles. The molecular formula is C15H11N5O3S. The number of carbonyl (C=O) groups excluding carboxylic acids is 1. The third kappa shape index (κ3) is 2.50. The molecule has 0 radical (unpaired) electrons. The lowest BCUT2D eigenvalue weighted by Crippen LogP contribution is -2.11. The molecule has 0 spiro atoms. The molecule has 0 aliphatic rings. The molecule has 1 N–H and O–H groups in total. The van der Waals surface area contributed by atoms with Crippen LogP contribution in [0.25, 0.3) is 15.5 Å². The van der Waals surface area contributed by atoms with E-state index in [4.69, 9.17) is 9.15 Å². The molecule has 0 saturated carbocycles. The quantitative estimate of drug-likeness (QED) is 0.613. The molecule has 4 rings (SSSR count). The fourth-order valence-electron chi connectivity index (χ4n) is 2.21. The molecule has 0 fully saturated rings. The first kappa shape index (κ1) is 14.4. The molecule has 1 amide bonds. The average Bonchev–Trinajstić information content (AvgIpc) is 3.31. The Morgan fingerprint density at radius 3 is 3.04 bits per heavy atom. The maximum absolute atomic E-state index is 12.2. The number of fused-ring (bicyclic) bond motifs is 1. The van der Waals surface area contributed by atoms with Crippen LogP contribution in [0.3, 0.4) is 0 Å². The van der Waals surface area contributed by atoms with E-state index in [1.165, 1.54) is 17.6 Å². The number of aromatic nitrogens is 4. The molecule has 3 heterocycles. The summed E-state index contributed by atoms with van der Waals surface area (Å²) in [7, 11) is 1.54. The van der Waals surface area contributed by atoms with E-state index >= 15 is 0 Å². The third-order valence-electron chi connectivity index (χ3n) is 3.33. The number of benzene rings is 1. The third-order valence-corrected chi connectivity index (χ3v) is 4.29. The number of rotatable bonds is 4. The molecule has 9 heteroatoms. The molecule has 0 unspecified atom stereocenters. The van der Waals surface area contributed by atoms with Crippen molar-refractivity contribution in [3.05, 3.63) is 48.7 Å². The number of ether oxygens (including phenoxy) is 1. The summed E-state index contributed by atoms with van der Waals surface area (Å²) < 4.78 is 12.0. The van der Waals surface area contributed by atoms with E-state index in [9.17, 15) is 4.79 Å². The number of hydrogen-bond donors (Lipinski definition) is 1. The smallest absolute Gasteiger partial charge is 0.291 e. The lowest BCUT2D eigenvalue weighted by atomic mass is 10.2. The summed E-state index contributed by atoms with van der Waals surface area (Å²) in [5.74, 6) is 0.413. The van der Waals surface area contributed by atoms with Gasteiger partial charge in [0.05, 0.1) is 19.1 Å². The molecule has 24 heavy (non-hydrogen) atoms. The van der Waals surface area contributed by atoms with E-state index in [1.54, 1.807) is 42.2 Å². The topological polar surface area (TPSA) is 94.5 Å². The highest BCUT2D eigenvalue weighted by Crippen LogP contribution is 2.32. The summed E-state index contributed by atoms with van der Waals surface area (Å²) in [6.45, 7) is 0. The highest BCUT2D eigenvalue weighted by molar-refractivity contribution is 7.19. The molecule has 3 aromatic heterocycles. The van der Waals surface area contributed by atoms with Crippen LogP contribution in [0, 0.1) is 0 Å². The maximum Gasteiger partial charge on any atom is 0.291 e. The summed E-state index contributed by atoms with van der Waals surface area (Å²) in [6, 6.07) is 8.68. The number of methoxy groups -OCH3 is 1. The van der Waals surface area contributed by atoms with Gasteiger partial charge >= 0.3 is 0 Å². The number of nitrogens with one attached hydrogen (secondary N) is 1. The maximum atomic E-state index is 12.2. The summed E-state index contributed by atoms with van der Waals surface area (Å²) in [4.78, 5) is 12.9. The molecule has 8 nitrogen and oxygen atoms in total. The minimum absolute atomic E-state index is 0.223. The fourth-order valence-corrected chi connectivity index (χ4v) is 3.02. The zero-order chi connectivity index (χ0) is 16.5. The molecule has 0 atom stereocenters. The van der Waals surface area contributed by atoms with Crippen LogP contribution in [0.2, 0.25) is 0 Å².